The Bertz CT molecular complexity index is 740. The molecule has 2 rings (SSSR count). The number of sulfonamides is 1. The van der Waals surface area contributed by atoms with Gasteiger partial charge >= 0.3 is 0 Å². The highest BCUT2D eigenvalue weighted by molar-refractivity contribution is 7.92. The normalized spacial score (nSPS) is 11.1. The summed E-state index contributed by atoms with van der Waals surface area (Å²) in [6, 6.07) is 8.83. The SMILES string of the molecule is CC(=O)c1cccc(S(=O)(=O)Nc2ccc(N)nc2)c1. The zero-order valence-corrected chi connectivity index (χ0v) is 11.5. The molecule has 0 amide bonds. The molecule has 0 bridgehead atoms. The number of pyridine rings is 1. The first-order valence-electron chi connectivity index (χ1n) is 5.74. The number of nitrogens with two attached hydrogens (primary N) is 1. The lowest BCUT2D eigenvalue weighted by molar-refractivity contribution is 0.101. The molecule has 0 aliphatic rings. The number of carbonyl (C=O) groups excluding carboxylic acids is 1. The molecule has 0 fully saturated rings. The Morgan fingerprint density at radius 1 is 1.25 bits per heavy atom. The van der Waals surface area contributed by atoms with Gasteiger partial charge in [0.2, 0.25) is 0 Å². The molecular weight excluding hydrogens is 278 g/mol. The lowest BCUT2D eigenvalue weighted by Gasteiger charge is -2.08. The summed E-state index contributed by atoms with van der Waals surface area (Å²) in [7, 11) is -3.77. The van der Waals surface area contributed by atoms with Gasteiger partial charge in [0.25, 0.3) is 10.0 Å². The van der Waals surface area contributed by atoms with Gasteiger partial charge in [-0.25, -0.2) is 13.4 Å². The van der Waals surface area contributed by atoms with E-state index in [4.69, 9.17) is 5.73 Å². The Morgan fingerprint density at radius 3 is 2.60 bits per heavy atom. The number of nitrogens with zero attached hydrogens (tertiary/aromatic N) is 1. The van der Waals surface area contributed by atoms with Gasteiger partial charge in [-0.15, -0.1) is 0 Å². The second-order valence-electron chi connectivity index (χ2n) is 4.16. The van der Waals surface area contributed by atoms with Gasteiger partial charge < -0.3 is 5.73 Å². The summed E-state index contributed by atoms with van der Waals surface area (Å²) in [5.74, 6) is 0.0997. The Hall–Kier alpha value is -2.41. The van der Waals surface area contributed by atoms with Crippen LogP contribution in [0.3, 0.4) is 0 Å². The van der Waals surface area contributed by atoms with Crippen LogP contribution in [0.1, 0.15) is 17.3 Å². The molecule has 0 unspecified atom stereocenters. The fourth-order valence-electron chi connectivity index (χ4n) is 1.56. The largest absolute Gasteiger partial charge is 0.384 e. The summed E-state index contributed by atoms with van der Waals surface area (Å²) in [4.78, 5) is 15.1. The minimum absolute atomic E-state index is 0.0158. The van der Waals surface area contributed by atoms with Crippen molar-refractivity contribution in [3.8, 4) is 0 Å². The molecule has 0 radical (unpaired) electrons. The van der Waals surface area contributed by atoms with Gasteiger partial charge in [0, 0.05) is 5.56 Å². The van der Waals surface area contributed by atoms with Crippen molar-refractivity contribution < 1.29 is 13.2 Å². The first-order valence-corrected chi connectivity index (χ1v) is 7.22. The van der Waals surface area contributed by atoms with Gasteiger partial charge in [-0.2, -0.15) is 0 Å². The van der Waals surface area contributed by atoms with Gasteiger partial charge in [-0.05, 0) is 31.2 Å². The van der Waals surface area contributed by atoms with E-state index in [2.05, 4.69) is 9.71 Å². The molecule has 1 aromatic heterocycles. The van der Waals surface area contributed by atoms with Crippen LogP contribution in [-0.2, 0) is 10.0 Å². The van der Waals surface area contributed by atoms with Crippen molar-refractivity contribution in [2.45, 2.75) is 11.8 Å². The van der Waals surface area contributed by atoms with E-state index in [-0.39, 0.29) is 10.7 Å². The average Bonchev–Trinajstić information content (AvgIpc) is 2.41. The van der Waals surface area contributed by atoms with E-state index in [0.29, 0.717) is 17.1 Å². The third-order valence-electron chi connectivity index (χ3n) is 2.59. The number of nitrogens with one attached hydrogen (secondary N) is 1. The lowest BCUT2D eigenvalue weighted by atomic mass is 10.2. The lowest BCUT2D eigenvalue weighted by Crippen LogP contribution is -2.13. The molecule has 1 heterocycles. The van der Waals surface area contributed by atoms with Crippen LogP contribution in [0.15, 0.2) is 47.5 Å². The second-order valence-corrected chi connectivity index (χ2v) is 5.84. The topological polar surface area (TPSA) is 102 Å². The predicted octanol–water partition coefficient (Wildman–Crippen LogP) is 1.67. The smallest absolute Gasteiger partial charge is 0.261 e. The molecule has 0 spiro atoms. The minimum Gasteiger partial charge on any atom is -0.384 e. The number of ketones is 1. The van der Waals surface area contributed by atoms with Crippen LogP contribution in [0.25, 0.3) is 0 Å². The summed E-state index contributed by atoms with van der Waals surface area (Å²) >= 11 is 0. The van der Waals surface area contributed by atoms with Crippen molar-refractivity contribution in [3.05, 3.63) is 48.2 Å². The molecule has 2 aromatic rings. The molecule has 0 saturated carbocycles. The quantitative estimate of drug-likeness (QED) is 0.834. The van der Waals surface area contributed by atoms with Gasteiger partial charge in [-0.1, -0.05) is 12.1 Å². The van der Waals surface area contributed by atoms with E-state index in [1.54, 1.807) is 6.07 Å². The van der Waals surface area contributed by atoms with E-state index < -0.39 is 10.0 Å². The summed E-state index contributed by atoms with van der Waals surface area (Å²) in [6.07, 6.45) is 1.32. The van der Waals surface area contributed by atoms with Crippen LogP contribution in [0.5, 0.6) is 0 Å². The summed E-state index contributed by atoms with van der Waals surface area (Å²) < 4.78 is 26.7. The number of rotatable bonds is 4. The third kappa shape index (κ3) is 3.12. The molecule has 104 valence electrons. The Labute approximate surface area is 116 Å². The van der Waals surface area contributed by atoms with Gasteiger partial charge in [0.15, 0.2) is 5.78 Å². The number of hydrogen-bond acceptors (Lipinski definition) is 5. The molecular formula is C13H13N3O3S. The molecule has 0 aliphatic carbocycles. The zero-order chi connectivity index (χ0) is 14.8. The molecule has 1 aromatic carbocycles. The molecule has 0 saturated heterocycles. The average molecular weight is 291 g/mol. The number of anilines is 2. The zero-order valence-electron chi connectivity index (χ0n) is 10.7. The van der Waals surface area contributed by atoms with E-state index >= 15 is 0 Å². The van der Waals surface area contributed by atoms with Crippen molar-refractivity contribution in [2.24, 2.45) is 0 Å². The maximum Gasteiger partial charge on any atom is 0.261 e. The Kier molecular flexibility index (Phi) is 3.71. The fraction of sp³-hybridized carbons (Fsp3) is 0.0769. The third-order valence-corrected chi connectivity index (χ3v) is 3.97. The Balaban J connectivity index is 2.33. The van der Waals surface area contributed by atoms with Gasteiger partial charge in [0.1, 0.15) is 5.82 Å². The number of hydrogen-bond donors (Lipinski definition) is 2. The highest BCUT2D eigenvalue weighted by atomic mass is 32.2. The van der Waals surface area contributed by atoms with Crippen LogP contribution < -0.4 is 10.5 Å². The minimum atomic E-state index is -3.77. The van der Waals surface area contributed by atoms with E-state index in [1.807, 2.05) is 0 Å². The van der Waals surface area contributed by atoms with E-state index in [9.17, 15) is 13.2 Å². The molecule has 7 heteroatoms. The molecule has 0 aliphatic heterocycles. The van der Waals surface area contributed by atoms with Crippen molar-refractivity contribution in [1.82, 2.24) is 4.98 Å². The maximum atomic E-state index is 12.2. The van der Waals surface area contributed by atoms with Crippen LogP contribution in [0.4, 0.5) is 11.5 Å². The van der Waals surface area contributed by atoms with Crippen molar-refractivity contribution in [2.75, 3.05) is 10.5 Å². The number of nitrogen functional groups attached to an aromatic ring is 1. The predicted molar refractivity (Wildman–Crippen MR) is 75.9 cm³/mol. The maximum absolute atomic E-state index is 12.2. The summed E-state index contributed by atoms with van der Waals surface area (Å²) in [6.45, 7) is 1.38. The van der Waals surface area contributed by atoms with E-state index in [1.165, 1.54) is 43.5 Å². The molecule has 0 atom stereocenters. The monoisotopic (exact) mass is 291 g/mol. The standard InChI is InChI=1S/C13H13N3O3S/c1-9(17)10-3-2-4-12(7-10)20(18,19)16-11-5-6-13(14)15-8-11/h2-8,16H,1H3,(H2,14,15). The number of Topliss-reactive ketones (excluding diaryl/α,β-unsaturated/α-hetero) is 1. The first kappa shape index (κ1) is 14.0. The van der Waals surface area contributed by atoms with Gasteiger partial charge in [-0.3, -0.25) is 9.52 Å². The fourth-order valence-corrected chi connectivity index (χ4v) is 2.65. The van der Waals surface area contributed by atoms with Crippen LogP contribution in [0.2, 0.25) is 0 Å². The van der Waals surface area contributed by atoms with Crippen molar-refractivity contribution in [3.63, 3.8) is 0 Å². The van der Waals surface area contributed by atoms with Gasteiger partial charge in [0.05, 0.1) is 16.8 Å². The number of carbonyl (C=O) groups is 1. The van der Waals surface area contributed by atoms with Crippen molar-refractivity contribution >= 4 is 27.3 Å². The molecule has 6 nitrogen and oxygen atoms in total. The molecule has 20 heavy (non-hydrogen) atoms. The van der Waals surface area contributed by atoms with Crippen LogP contribution in [0, 0.1) is 0 Å². The molecule has 3 N–H and O–H groups in total. The van der Waals surface area contributed by atoms with Crippen molar-refractivity contribution in [1.29, 1.82) is 0 Å². The number of aromatic nitrogens is 1. The summed E-state index contributed by atoms with van der Waals surface area (Å²) in [5.41, 5.74) is 6.06. The van der Waals surface area contributed by atoms with E-state index in [0.717, 1.165) is 0 Å². The number of benzene rings is 1. The summed E-state index contributed by atoms with van der Waals surface area (Å²) in [5, 5.41) is 0. The highest BCUT2D eigenvalue weighted by Gasteiger charge is 2.15. The Morgan fingerprint density at radius 2 is 2.00 bits per heavy atom. The van der Waals surface area contributed by atoms with Crippen LogP contribution >= 0.6 is 0 Å². The first-order chi connectivity index (χ1) is 9.38. The second kappa shape index (κ2) is 5.30. The van der Waals surface area contributed by atoms with Crippen LogP contribution in [-0.4, -0.2) is 19.2 Å². The highest BCUT2D eigenvalue weighted by Crippen LogP contribution is 2.17.